The molecule has 1 heterocycles. The maximum absolute atomic E-state index is 4.57. The number of thiazole rings is 1. The van der Waals surface area contributed by atoms with E-state index in [2.05, 4.69) is 17.1 Å². The van der Waals surface area contributed by atoms with Gasteiger partial charge in [0.15, 0.2) is 0 Å². The van der Waals surface area contributed by atoms with Crippen LogP contribution in [-0.2, 0) is 21.1 Å². The Balaban J connectivity index is 0.000000963. The average Bonchev–Trinajstić information content (AvgIpc) is 2.74. The molecule has 98 valence electrons. The van der Waals surface area contributed by atoms with Crippen molar-refractivity contribution in [2.24, 2.45) is 0 Å². The fourth-order valence-corrected chi connectivity index (χ4v) is 2.47. The van der Waals surface area contributed by atoms with Gasteiger partial charge in [-0.15, -0.1) is 35.9 Å². The van der Waals surface area contributed by atoms with Gasteiger partial charge in [0.25, 0.3) is 0 Å². The van der Waals surface area contributed by atoms with Crippen LogP contribution in [0.2, 0.25) is 0 Å². The molecule has 1 aromatic heterocycles. The second-order valence-corrected chi connectivity index (χ2v) is 4.29. The Morgan fingerprint density at radius 3 is 2.33 bits per heavy atom. The summed E-state index contributed by atoms with van der Waals surface area (Å²) in [6.45, 7) is 0. The fraction of sp³-hybridized carbons (Fsp3) is 0. The molecule has 0 saturated heterocycles. The molecule has 0 spiro atoms. The molecule has 0 N–H and O–H groups in total. The Morgan fingerprint density at radius 2 is 1.67 bits per heavy atom. The van der Waals surface area contributed by atoms with Crippen molar-refractivity contribution in [3.05, 3.63) is 69.5 Å². The van der Waals surface area contributed by atoms with E-state index in [1.165, 1.54) is 4.70 Å². The van der Waals surface area contributed by atoms with Crippen molar-refractivity contribution in [1.82, 2.24) is 4.98 Å². The predicted molar refractivity (Wildman–Crippen MR) is 76.7 cm³/mol. The SMILES string of the molecule is [CH3-].[CH3-].[Pt].[c-]1ccccc1-c1nc2ccccc2s1. The Bertz CT molecular complexity index is 557. The maximum atomic E-state index is 4.57. The van der Waals surface area contributed by atoms with Gasteiger partial charge in [0.05, 0.1) is 5.52 Å². The summed E-state index contributed by atoms with van der Waals surface area (Å²) in [7, 11) is 0. The number of nitrogens with zero attached hydrogens (tertiary/aromatic N) is 1. The van der Waals surface area contributed by atoms with Gasteiger partial charge >= 0.3 is 0 Å². The van der Waals surface area contributed by atoms with E-state index in [4.69, 9.17) is 0 Å². The van der Waals surface area contributed by atoms with Crippen LogP contribution in [0.15, 0.2) is 48.5 Å². The van der Waals surface area contributed by atoms with Gasteiger partial charge in [-0.2, -0.15) is 11.3 Å². The Labute approximate surface area is 127 Å². The van der Waals surface area contributed by atoms with E-state index >= 15 is 0 Å². The van der Waals surface area contributed by atoms with E-state index in [0.717, 1.165) is 16.1 Å². The molecule has 0 saturated carbocycles. The molecule has 0 bridgehead atoms. The van der Waals surface area contributed by atoms with Crippen molar-refractivity contribution in [1.29, 1.82) is 0 Å². The van der Waals surface area contributed by atoms with E-state index in [9.17, 15) is 0 Å². The number of hydrogen-bond donors (Lipinski definition) is 0. The van der Waals surface area contributed by atoms with Crippen LogP contribution in [0, 0.1) is 20.9 Å². The summed E-state index contributed by atoms with van der Waals surface area (Å²) in [6, 6.07) is 19.3. The summed E-state index contributed by atoms with van der Waals surface area (Å²) in [5.41, 5.74) is 2.13. The van der Waals surface area contributed by atoms with E-state index in [-0.39, 0.29) is 35.9 Å². The minimum absolute atomic E-state index is 0. The smallest absolute Gasteiger partial charge is 0.0697 e. The topological polar surface area (TPSA) is 12.9 Å². The van der Waals surface area contributed by atoms with E-state index in [1.54, 1.807) is 11.3 Å². The van der Waals surface area contributed by atoms with Crippen molar-refractivity contribution < 1.29 is 21.1 Å². The second-order valence-electron chi connectivity index (χ2n) is 3.26. The summed E-state index contributed by atoms with van der Waals surface area (Å²) in [5.74, 6) is 0. The first-order valence-electron chi connectivity index (χ1n) is 4.76. The van der Waals surface area contributed by atoms with Gasteiger partial charge in [-0.05, 0) is 12.1 Å². The average molecular weight is 435 g/mol. The Morgan fingerprint density at radius 1 is 0.944 bits per heavy atom. The minimum Gasteiger partial charge on any atom is -0.358 e. The van der Waals surface area contributed by atoms with Crippen molar-refractivity contribution >= 4 is 21.6 Å². The van der Waals surface area contributed by atoms with Gasteiger partial charge in [-0.3, -0.25) is 4.98 Å². The number of para-hydroxylation sites is 1. The van der Waals surface area contributed by atoms with Gasteiger partial charge < -0.3 is 14.9 Å². The quantitative estimate of drug-likeness (QED) is 0.507. The molecule has 0 aliphatic carbocycles. The van der Waals surface area contributed by atoms with Crippen LogP contribution in [0.1, 0.15) is 0 Å². The van der Waals surface area contributed by atoms with E-state index < -0.39 is 0 Å². The zero-order chi connectivity index (χ0) is 10.1. The molecule has 0 atom stereocenters. The van der Waals surface area contributed by atoms with Gasteiger partial charge in [-0.1, -0.05) is 12.1 Å². The molecule has 0 aliphatic rings. The Hall–Kier alpha value is -0.982. The fourth-order valence-electron chi connectivity index (χ4n) is 1.51. The third kappa shape index (κ3) is 3.28. The molecule has 0 fully saturated rings. The van der Waals surface area contributed by atoms with Crippen LogP contribution in [0.25, 0.3) is 20.8 Å². The van der Waals surface area contributed by atoms with Gasteiger partial charge in [0, 0.05) is 30.8 Å². The predicted octanol–water partition coefficient (Wildman–Crippen LogP) is 4.66. The molecule has 3 aromatic rings. The van der Waals surface area contributed by atoms with Crippen molar-refractivity contribution in [2.75, 3.05) is 0 Å². The van der Waals surface area contributed by atoms with Crippen molar-refractivity contribution in [3.63, 3.8) is 0 Å². The van der Waals surface area contributed by atoms with E-state index in [1.807, 2.05) is 42.5 Å². The first kappa shape index (κ1) is 17.0. The third-order valence-electron chi connectivity index (χ3n) is 2.23. The molecular weight excluding hydrogens is 421 g/mol. The van der Waals surface area contributed by atoms with Gasteiger partial charge in [0.1, 0.15) is 0 Å². The monoisotopic (exact) mass is 435 g/mol. The van der Waals surface area contributed by atoms with Crippen molar-refractivity contribution in [3.8, 4) is 10.6 Å². The molecule has 1 nitrogen and oxygen atoms in total. The zero-order valence-corrected chi connectivity index (χ0v) is 13.4. The third-order valence-corrected chi connectivity index (χ3v) is 3.30. The molecule has 0 amide bonds. The number of rotatable bonds is 1. The Kier molecular flexibility index (Phi) is 7.05. The number of benzene rings is 2. The van der Waals surface area contributed by atoms with Crippen LogP contribution in [0.3, 0.4) is 0 Å². The summed E-state index contributed by atoms with van der Waals surface area (Å²) >= 11 is 1.71. The molecule has 3 heteroatoms. The standard InChI is InChI=1S/C13H8NS.2CH3.Pt/c1-2-6-10(7-3-1)13-14-11-8-4-5-9-12(11)15-13;;;/h1-6,8-9H;2*1H3;/q3*-1;. The number of aromatic nitrogens is 1. The first-order valence-corrected chi connectivity index (χ1v) is 5.58. The van der Waals surface area contributed by atoms with Gasteiger partial charge in [-0.25, -0.2) is 0 Å². The molecule has 0 unspecified atom stereocenters. The maximum Gasteiger partial charge on any atom is 0.0697 e. The van der Waals surface area contributed by atoms with E-state index in [0.29, 0.717) is 0 Å². The molecule has 0 aliphatic heterocycles. The van der Waals surface area contributed by atoms with Crippen LogP contribution in [-0.4, -0.2) is 4.98 Å². The summed E-state index contributed by atoms with van der Waals surface area (Å²) in [5, 5.41) is 1.04. The summed E-state index contributed by atoms with van der Waals surface area (Å²) in [6.07, 6.45) is 0. The van der Waals surface area contributed by atoms with Crippen LogP contribution >= 0.6 is 11.3 Å². The molecule has 18 heavy (non-hydrogen) atoms. The minimum atomic E-state index is 0. The number of hydrogen-bond acceptors (Lipinski definition) is 2. The van der Waals surface area contributed by atoms with Crippen LogP contribution in [0.5, 0.6) is 0 Å². The molecule has 2 aromatic carbocycles. The first-order chi connectivity index (χ1) is 7.43. The zero-order valence-electron chi connectivity index (χ0n) is 10.3. The normalized spacial score (nSPS) is 8.89. The molecule has 3 rings (SSSR count). The summed E-state index contributed by atoms with van der Waals surface area (Å²) in [4.78, 5) is 4.57. The largest absolute Gasteiger partial charge is 0.358 e. The molecular formula is C15H14NPtS-3. The van der Waals surface area contributed by atoms with Crippen molar-refractivity contribution in [2.45, 2.75) is 0 Å². The van der Waals surface area contributed by atoms with Crippen LogP contribution in [0.4, 0.5) is 0 Å². The summed E-state index contributed by atoms with van der Waals surface area (Å²) < 4.78 is 1.23. The number of fused-ring (bicyclic) bond motifs is 1. The molecule has 0 radical (unpaired) electrons. The second kappa shape index (κ2) is 7.45. The van der Waals surface area contributed by atoms with Gasteiger partial charge in [0.2, 0.25) is 0 Å². The van der Waals surface area contributed by atoms with Crippen LogP contribution < -0.4 is 0 Å².